The van der Waals surface area contributed by atoms with Crippen molar-refractivity contribution >= 4 is 17.4 Å². The highest BCUT2D eigenvalue weighted by Crippen LogP contribution is 2.22. The molecule has 22 heavy (non-hydrogen) atoms. The Labute approximate surface area is 126 Å². The maximum absolute atomic E-state index is 12.0. The molecule has 1 amide bonds. The first-order chi connectivity index (χ1) is 10.5. The van der Waals surface area contributed by atoms with Gasteiger partial charge in [0.05, 0.1) is 13.3 Å². The number of amides is 1. The standard InChI is InChI=1S/C13H16N6O3/c1-18(2)12-9(7-14-13(17-12)22-3)16-10(20)8-19-11(21)5-4-6-15-19/h4-7H,8H2,1-3H3,(H,16,20). The fourth-order valence-electron chi connectivity index (χ4n) is 1.72. The van der Waals surface area contributed by atoms with Crippen molar-refractivity contribution < 1.29 is 9.53 Å². The molecule has 0 atom stereocenters. The van der Waals surface area contributed by atoms with E-state index in [9.17, 15) is 9.59 Å². The second kappa shape index (κ2) is 6.66. The lowest BCUT2D eigenvalue weighted by Crippen LogP contribution is -2.29. The molecular weight excluding hydrogens is 288 g/mol. The predicted octanol–water partition coefficient (Wildman–Crippen LogP) is -0.253. The van der Waals surface area contributed by atoms with Crippen LogP contribution in [0.15, 0.2) is 29.3 Å². The van der Waals surface area contributed by atoms with Crippen LogP contribution in [0.2, 0.25) is 0 Å². The minimum atomic E-state index is -0.405. The Kier molecular flexibility index (Phi) is 4.66. The fraction of sp³-hybridized carbons (Fsp3) is 0.308. The fourth-order valence-corrected chi connectivity index (χ4v) is 1.72. The highest BCUT2D eigenvalue weighted by Gasteiger charge is 2.13. The van der Waals surface area contributed by atoms with Crippen LogP contribution >= 0.6 is 0 Å². The summed E-state index contributed by atoms with van der Waals surface area (Å²) in [6.07, 6.45) is 2.89. The molecule has 2 aromatic heterocycles. The van der Waals surface area contributed by atoms with E-state index in [-0.39, 0.29) is 18.1 Å². The number of nitrogens with zero attached hydrogens (tertiary/aromatic N) is 5. The van der Waals surface area contributed by atoms with Crippen molar-refractivity contribution in [3.63, 3.8) is 0 Å². The van der Waals surface area contributed by atoms with Crippen LogP contribution in [0.5, 0.6) is 6.01 Å². The topological polar surface area (TPSA) is 102 Å². The number of rotatable bonds is 5. The Bertz CT molecular complexity index is 728. The number of methoxy groups -OCH3 is 1. The van der Waals surface area contributed by atoms with E-state index in [1.54, 1.807) is 19.0 Å². The van der Waals surface area contributed by atoms with Crippen LogP contribution in [0.1, 0.15) is 0 Å². The Morgan fingerprint density at radius 2 is 2.23 bits per heavy atom. The second-order valence-electron chi connectivity index (χ2n) is 4.56. The van der Waals surface area contributed by atoms with E-state index in [4.69, 9.17) is 4.74 Å². The van der Waals surface area contributed by atoms with Crippen molar-refractivity contribution in [3.8, 4) is 6.01 Å². The third-order valence-corrected chi connectivity index (χ3v) is 2.71. The lowest BCUT2D eigenvalue weighted by molar-refractivity contribution is -0.117. The summed E-state index contributed by atoms with van der Waals surface area (Å²) in [5.74, 6) is 0.0891. The van der Waals surface area contributed by atoms with Gasteiger partial charge in [-0.05, 0) is 6.07 Å². The van der Waals surface area contributed by atoms with Crippen molar-refractivity contribution in [1.29, 1.82) is 0 Å². The third-order valence-electron chi connectivity index (χ3n) is 2.71. The van der Waals surface area contributed by atoms with Crippen molar-refractivity contribution in [1.82, 2.24) is 19.7 Å². The third kappa shape index (κ3) is 3.57. The first-order valence-electron chi connectivity index (χ1n) is 6.41. The lowest BCUT2D eigenvalue weighted by Gasteiger charge is -2.16. The van der Waals surface area contributed by atoms with Gasteiger partial charge in [-0.2, -0.15) is 10.1 Å². The predicted molar refractivity (Wildman–Crippen MR) is 80.0 cm³/mol. The van der Waals surface area contributed by atoms with Crippen LogP contribution in [0.3, 0.4) is 0 Å². The van der Waals surface area contributed by atoms with Crippen LogP contribution in [0, 0.1) is 0 Å². The SMILES string of the molecule is COc1ncc(NC(=O)Cn2ncccc2=O)c(N(C)C)n1. The first-order valence-corrected chi connectivity index (χ1v) is 6.41. The molecule has 0 aromatic carbocycles. The second-order valence-corrected chi connectivity index (χ2v) is 4.56. The minimum Gasteiger partial charge on any atom is -0.467 e. The zero-order valence-corrected chi connectivity index (χ0v) is 12.5. The number of hydrogen-bond acceptors (Lipinski definition) is 7. The van der Waals surface area contributed by atoms with Crippen molar-refractivity contribution in [3.05, 3.63) is 34.9 Å². The monoisotopic (exact) mass is 304 g/mol. The van der Waals surface area contributed by atoms with E-state index in [0.29, 0.717) is 11.5 Å². The van der Waals surface area contributed by atoms with Gasteiger partial charge in [0.1, 0.15) is 12.2 Å². The summed E-state index contributed by atoms with van der Waals surface area (Å²) in [6.45, 7) is -0.196. The molecule has 0 fully saturated rings. The maximum atomic E-state index is 12.0. The molecule has 0 saturated heterocycles. The Morgan fingerprint density at radius 3 is 2.86 bits per heavy atom. The Balaban J connectivity index is 2.18. The maximum Gasteiger partial charge on any atom is 0.318 e. The molecule has 9 heteroatoms. The number of aromatic nitrogens is 4. The Morgan fingerprint density at radius 1 is 1.45 bits per heavy atom. The van der Waals surface area contributed by atoms with E-state index in [1.807, 2.05) is 0 Å². The summed E-state index contributed by atoms with van der Waals surface area (Å²) in [5, 5.41) is 6.48. The van der Waals surface area contributed by atoms with Crippen LogP contribution in [-0.2, 0) is 11.3 Å². The molecule has 9 nitrogen and oxygen atoms in total. The van der Waals surface area contributed by atoms with Crippen LogP contribution < -0.4 is 20.5 Å². The zero-order chi connectivity index (χ0) is 16.1. The van der Waals surface area contributed by atoms with Gasteiger partial charge in [0.15, 0.2) is 5.82 Å². The van der Waals surface area contributed by atoms with Gasteiger partial charge in [0, 0.05) is 26.4 Å². The molecule has 0 bridgehead atoms. The summed E-state index contributed by atoms with van der Waals surface area (Å²) in [7, 11) is 5.02. The lowest BCUT2D eigenvalue weighted by atomic mass is 10.4. The molecule has 2 aromatic rings. The van der Waals surface area contributed by atoms with Gasteiger partial charge >= 0.3 is 6.01 Å². The molecule has 2 heterocycles. The molecule has 0 aliphatic rings. The summed E-state index contributed by atoms with van der Waals surface area (Å²) in [4.78, 5) is 33.4. The minimum absolute atomic E-state index is 0.196. The number of anilines is 2. The van der Waals surface area contributed by atoms with Gasteiger partial charge in [-0.25, -0.2) is 9.67 Å². The largest absolute Gasteiger partial charge is 0.467 e. The van der Waals surface area contributed by atoms with E-state index < -0.39 is 5.91 Å². The molecule has 0 saturated carbocycles. The van der Waals surface area contributed by atoms with Gasteiger partial charge in [-0.15, -0.1) is 0 Å². The summed E-state index contributed by atoms with van der Waals surface area (Å²) >= 11 is 0. The van der Waals surface area contributed by atoms with Gasteiger partial charge in [-0.1, -0.05) is 0 Å². The van der Waals surface area contributed by atoms with Gasteiger partial charge in [0.25, 0.3) is 5.56 Å². The van der Waals surface area contributed by atoms with Crippen molar-refractivity contribution in [2.45, 2.75) is 6.54 Å². The number of carbonyl (C=O) groups excluding carboxylic acids is 1. The molecule has 0 aliphatic carbocycles. The molecule has 0 aliphatic heterocycles. The average molecular weight is 304 g/mol. The number of carbonyl (C=O) groups is 1. The van der Waals surface area contributed by atoms with Crippen molar-refractivity contribution in [2.24, 2.45) is 0 Å². The van der Waals surface area contributed by atoms with Gasteiger partial charge in [0.2, 0.25) is 5.91 Å². The normalized spacial score (nSPS) is 10.1. The first kappa shape index (κ1) is 15.4. The Hall–Kier alpha value is -2.97. The highest BCUT2D eigenvalue weighted by atomic mass is 16.5. The quantitative estimate of drug-likeness (QED) is 0.812. The molecule has 2 rings (SSSR count). The molecule has 0 unspecified atom stereocenters. The van der Waals surface area contributed by atoms with Gasteiger partial charge in [-0.3, -0.25) is 9.59 Å². The number of ether oxygens (including phenoxy) is 1. The van der Waals surface area contributed by atoms with Gasteiger partial charge < -0.3 is 15.0 Å². The van der Waals surface area contributed by atoms with Crippen LogP contribution in [0.25, 0.3) is 0 Å². The zero-order valence-electron chi connectivity index (χ0n) is 12.5. The van der Waals surface area contributed by atoms with Crippen LogP contribution in [0.4, 0.5) is 11.5 Å². The number of nitrogens with one attached hydrogen (secondary N) is 1. The molecule has 1 N–H and O–H groups in total. The summed E-state index contributed by atoms with van der Waals surface area (Å²) < 4.78 is 6.02. The summed E-state index contributed by atoms with van der Waals surface area (Å²) in [5.41, 5.74) is 0.0660. The van der Waals surface area contributed by atoms with E-state index in [2.05, 4.69) is 20.4 Å². The van der Waals surface area contributed by atoms with E-state index >= 15 is 0 Å². The smallest absolute Gasteiger partial charge is 0.318 e. The number of hydrogen-bond donors (Lipinski definition) is 1. The highest BCUT2D eigenvalue weighted by molar-refractivity contribution is 5.93. The summed E-state index contributed by atoms with van der Waals surface area (Å²) in [6, 6.07) is 3.04. The van der Waals surface area contributed by atoms with Crippen molar-refractivity contribution in [2.75, 3.05) is 31.4 Å². The molecule has 0 spiro atoms. The van der Waals surface area contributed by atoms with E-state index in [0.717, 1.165) is 4.68 Å². The van der Waals surface area contributed by atoms with Crippen LogP contribution in [-0.4, -0.2) is 46.9 Å². The van der Waals surface area contributed by atoms with E-state index in [1.165, 1.54) is 31.6 Å². The molecule has 116 valence electrons. The molecular formula is C13H16N6O3. The average Bonchev–Trinajstić information content (AvgIpc) is 2.49. The molecule has 0 radical (unpaired) electrons.